The van der Waals surface area contributed by atoms with Crippen LogP contribution >= 0.6 is 11.3 Å². The zero-order chi connectivity index (χ0) is 12.3. The van der Waals surface area contributed by atoms with Gasteiger partial charge in [0.15, 0.2) is 5.78 Å². The molecular formula is C14H21NOS. The highest BCUT2D eigenvalue weighted by Crippen LogP contribution is 2.28. The van der Waals surface area contributed by atoms with E-state index in [1.807, 2.05) is 16.8 Å². The predicted molar refractivity (Wildman–Crippen MR) is 72.8 cm³/mol. The molecule has 0 amide bonds. The Morgan fingerprint density at radius 3 is 2.65 bits per heavy atom. The van der Waals surface area contributed by atoms with E-state index in [0.717, 1.165) is 25.1 Å². The lowest BCUT2D eigenvalue weighted by Gasteiger charge is -2.41. The topological polar surface area (TPSA) is 20.3 Å². The number of likely N-dealkylation sites (tertiary alicyclic amines) is 1. The summed E-state index contributed by atoms with van der Waals surface area (Å²) in [7, 11) is 0. The van der Waals surface area contributed by atoms with E-state index < -0.39 is 0 Å². The van der Waals surface area contributed by atoms with Crippen molar-refractivity contribution in [3.63, 3.8) is 0 Å². The van der Waals surface area contributed by atoms with E-state index in [2.05, 4.69) is 18.7 Å². The van der Waals surface area contributed by atoms with E-state index in [4.69, 9.17) is 0 Å². The molecule has 1 aromatic heterocycles. The summed E-state index contributed by atoms with van der Waals surface area (Å²) in [5.41, 5.74) is 0.575. The molecule has 0 saturated carbocycles. The minimum atomic E-state index is -0.304. The van der Waals surface area contributed by atoms with Crippen LogP contribution in [-0.4, -0.2) is 29.3 Å². The van der Waals surface area contributed by atoms with Crippen molar-refractivity contribution < 1.29 is 4.79 Å². The average molecular weight is 251 g/mol. The quantitative estimate of drug-likeness (QED) is 0.762. The van der Waals surface area contributed by atoms with Gasteiger partial charge in [-0.2, -0.15) is 11.3 Å². The Morgan fingerprint density at radius 2 is 2.12 bits per heavy atom. The summed E-state index contributed by atoms with van der Waals surface area (Å²) in [5.74, 6) is 0.295. The molecule has 0 radical (unpaired) electrons. The van der Waals surface area contributed by atoms with Gasteiger partial charge in [0, 0.05) is 10.9 Å². The van der Waals surface area contributed by atoms with Gasteiger partial charge in [-0.1, -0.05) is 13.3 Å². The maximum Gasteiger partial charge on any atom is 0.183 e. The van der Waals surface area contributed by atoms with E-state index >= 15 is 0 Å². The summed E-state index contributed by atoms with van der Waals surface area (Å²) in [4.78, 5) is 15.0. The predicted octanol–water partition coefficient (Wildman–Crippen LogP) is 3.59. The second-order valence-electron chi connectivity index (χ2n) is 5.02. The zero-order valence-electron chi connectivity index (χ0n) is 10.7. The molecule has 17 heavy (non-hydrogen) atoms. The van der Waals surface area contributed by atoms with Gasteiger partial charge in [0.25, 0.3) is 0 Å². The molecule has 0 aromatic carbocycles. The molecule has 94 valence electrons. The van der Waals surface area contributed by atoms with Gasteiger partial charge < -0.3 is 0 Å². The summed E-state index contributed by atoms with van der Waals surface area (Å²) in [5, 5.41) is 3.96. The van der Waals surface area contributed by atoms with Crippen LogP contribution < -0.4 is 0 Å². The molecule has 0 N–H and O–H groups in total. The number of ketones is 1. The van der Waals surface area contributed by atoms with Crippen molar-refractivity contribution in [3.8, 4) is 0 Å². The first-order valence-corrected chi connectivity index (χ1v) is 7.45. The molecule has 3 heteroatoms. The average Bonchev–Trinajstić information content (AvgIpc) is 2.92. The van der Waals surface area contributed by atoms with Crippen molar-refractivity contribution in [2.24, 2.45) is 0 Å². The second kappa shape index (κ2) is 5.32. The van der Waals surface area contributed by atoms with Crippen molar-refractivity contribution in [3.05, 3.63) is 22.4 Å². The standard InChI is InChI=1S/C14H21NOS/c1-3-14(2,15-8-5-4-6-9-15)13(16)12-7-10-17-11-12/h7,10-11H,3-6,8-9H2,1-2H3. The van der Waals surface area contributed by atoms with Crippen molar-refractivity contribution >= 4 is 17.1 Å². The van der Waals surface area contributed by atoms with Gasteiger partial charge in [-0.05, 0) is 50.7 Å². The highest BCUT2D eigenvalue weighted by atomic mass is 32.1. The van der Waals surface area contributed by atoms with Crippen molar-refractivity contribution in [2.75, 3.05) is 13.1 Å². The van der Waals surface area contributed by atoms with Gasteiger partial charge >= 0.3 is 0 Å². The lowest BCUT2D eigenvalue weighted by Crippen LogP contribution is -2.53. The fourth-order valence-electron chi connectivity index (χ4n) is 2.62. The van der Waals surface area contributed by atoms with Crippen LogP contribution in [0.4, 0.5) is 0 Å². The smallest absolute Gasteiger partial charge is 0.183 e. The minimum absolute atomic E-state index is 0.295. The van der Waals surface area contributed by atoms with Crippen LogP contribution in [0.2, 0.25) is 0 Å². The Kier molecular flexibility index (Phi) is 4.00. The third-order valence-electron chi connectivity index (χ3n) is 4.01. The molecule has 1 aromatic rings. The highest BCUT2D eigenvalue weighted by molar-refractivity contribution is 7.08. The number of nitrogens with zero attached hydrogens (tertiary/aromatic N) is 1. The third kappa shape index (κ3) is 2.45. The van der Waals surface area contributed by atoms with Gasteiger partial charge in [0.05, 0.1) is 5.54 Å². The van der Waals surface area contributed by atoms with Gasteiger partial charge in [-0.25, -0.2) is 0 Å². The van der Waals surface area contributed by atoms with Crippen LogP contribution in [-0.2, 0) is 0 Å². The second-order valence-corrected chi connectivity index (χ2v) is 5.80. The lowest BCUT2D eigenvalue weighted by atomic mass is 9.86. The van der Waals surface area contributed by atoms with E-state index in [9.17, 15) is 4.79 Å². The van der Waals surface area contributed by atoms with E-state index in [1.165, 1.54) is 19.3 Å². The highest BCUT2D eigenvalue weighted by Gasteiger charge is 2.38. The number of thiophene rings is 1. The largest absolute Gasteiger partial charge is 0.292 e. The molecule has 1 unspecified atom stereocenters. The molecule has 1 atom stereocenters. The van der Waals surface area contributed by atoms with Gasteiger partial charge in [-0.3, -0.25) is 9.69 Å². The monoisotopic (exact) mass is 251 g/mol. The fourth-order valence-corrected chi connectivity index (χ4v) is 3.26. The Hall–Kier alpha value is -0.670. The summed E-state index contributed by atoms with van der Waals surface area (Å²) < 4.78 is 0. The number of carbonyl (C=O) groups is 1. The Morgan fingerprint density at radius 1 is 1.41 bits per heavy atom. The van der Waals surface area contributed by atoms with Gasteiger partial charge in [0.2, 0.25) is 0 Å². The molecule has 1 aliphatic heterocycles. The molecule has 2 heterocycles. The summed E-state index contributed by atoms with van der Waals surface area (Å²) in [6, 6.07) is 1.95. The van der Waals surface area contributed by atoms with Crippen LogP contribution in [0.5, 0.6) is 0 Å². The van der Waals surface area contributed by atoms with E-state index in [0.29, 0.717) is 5.78 Å². The maximum atomic E-state index is 12.6. The Bertz CT molecular complexity index is 368. The number of Topliss-reactive ketones (excluding diaryl/α,β-unsaturated/α-hetero) is 1. The van der Waals surface area contributed by atoms with Crippen LogP contribution in [0.15, 0.2) is 16.8 Å². The SMILES string of the molecule is CCC(C)(C(=O)c1ccsc1)N1CCCCC1. The maximum absolute atomic E-state index is 12.6. The molecule has 1 aliphatic rings. The van der Waals surface area contributed by atoms with Crippen LogP contribution in [0, 0.1) is 0 Å². The molecule has 1 fully saturated rings. The summed E-state index contributed by atoms with van der Waals surface area (Å²) in [6.07, 6.45) is 4.66. The fraction of sp³-hybridized carbons (Fsp3) is 0.643. The van der Waals surface area contributed by atoms with Gasteiger partial charge in [0.1, 0.15) is 0 Å². The van der Waals surface area contributed by atoms with E-state index in [-0.39, 0.29) is 5.54 Å². The third-order valence-corrected chi connectivity index (χ3v) is 4.70. The molecule has 1 saturated heterocycles. The van der Waals surface area contributed by atoms with Crippen LogP contribution in [0.25, 0.3) is 0 Å². The molecular weight excluding hydrogens is 230 g/mol. The van der Waals surface area contributed by atoms with Gasteiger partial charge in [-0.15, -0.1) is 0 Å². The first-order chi connectivity index (χ1) is 8.18. The van der Waals surface area contributed by atoms with E-state index in [1.54, 1.807) is 11.3 Å². The van der Waals surface area contributed by atoms with Crippen molar-refractivity contribution in [1.29, 1.82) is 0 Å². The number of piperidine rings is 1. The van der Waals surface area contributed by atoms with Crippen LogP contribution in [0.1, 0.15) is 49.9 Å². The van der Waals surface area contributed by atoms with Crippen molar-refractivity contribution in [1.82, 2.24) is 4.90 Å². The Balaban J connectivity index is 2.20. The summed E-state index contributed by atoms with van der Waals surface area (Å²) >= 11 is 1.60. The number of hydrogen-bond acceptors (Lipinski definition) is 3. The first-order valence-electron chi connectivity index (χ1n) is 6.50. The summed E-state index contributed by atoms with van der Waals surface area (Å²) in [6.45, 7) is 6.37. The zero-order valence-corrected chi connectivity index (χ0v) is 11.6. The molecule has 0 bridgehead atoms. The first kappa shape index (κ1) is 12.8. The Labute approximate surface area is 108 Å². The lowest BCUT2D eigenvalue weighted by molar-refractivity contribution is 0.0506. The molecule has 0 aliphatic carbocycles. The van der Waals surface area contributed by atoms with Crippen molar-refractivity contribution in [2.45, 2.75) is 45.1 Å². The molecule has 0 spiro atoms. The molecule has 2 rings (SSSR count). The number of carbonyl (C=O) groups excluding carboxylic acids is 1. The number of hydrogen-bond donors (Lipinski definition) is 0. The molecule has 2 nitrogen and oxygen atoms in total. The normalized spacial score (nSPS) is 21.1. The minimum Gasteiger partial charge on any atom is -0.292 e. The number of rotatable bonds is 4. The van der Waals surface area contributed by atoms with Crippen LogP contribution in [0.3, 0.4) is 0 Å².